The highest BCUT2D eigenvalue weighted by Crippen LogP contribution is 2.41. The topological polar surface area (TPSA) is 54.2 Å². The molecule has 0 radical (unpaired) electrons. The normalized spacial score (nSPS) is 14.9. The number of furan rings is 2. The summed E-state index contributed by atoms with van der Waals surface area (Å²) in [4.78, 5) is 12.9. The second-order valence-corrected chi connectivity index (χ2v) is 13.8. The minimum Gasteiger partial charge on any atom is -0.456 e. The van der Waals surface area contributed by atoms with Crippen LogP contribution in [0.3, 0.4) is 0 Å². The molecule has 250 valence electrons. The molecule has 0 fully saturated rings. The molecule has 0 N–H and O–H groups in total. The van der Waals surface area contributed by atoms with Crippen molar-refractivity contribution in [1.29, 1.82) is 0 Å². The Morgan fingerprint density at radius 3 is 2.00 bits per heavy atom. The lowest BCUT2D eigenvalue weighted by atomic mass is 9.96. The summed E-state index contributed by atoms with van der Waals surface area (Å²) in [6.07, 6.45) is -0.283. The molecule has 1 unspecified atom stereocenters. The summed E-state index contributed by atoms with van der Waals surface area (Å²) < 4.78 is 13.1. The highest BCUT2D eigenvalue weighted by molar-refractivity contribution is 6.24. The van der Waals surface area contributed by atoms with Crippen LogP contribution in [0.5, 0.6) is 0 Å². The first-order valence-corrected chi connectivity index (χ1v) is 17.9. The zero-order valence-electron chi connectivity index (χ0n) is 28.8. The van der Waals surface area contributed by atoms with Crippen LogP contribution in [0.1, 0.15) is 22.9 Å². The van der Waals surface area contributed by atoms with Gasteiger partial charge in [-0.25, -0.2) is 9.98 Å². The van der Waals surface area contributed by atoms with Gasteiger partial charge in [-0.1, -0.05) is 121 Å². The zero-order chi connectivity index (χ0) is 35.0. The summed E-state index contributed by atoms with van der Waals surface area (Å²) in [6.45, 7) is 0. The van der Waals surface area contributed by atoms with Gasteiger partial charge in [0.15, 0.2) is 5.84 Å². The lowest BCUT2D eigenvalue weighted by Crippen LogP contribution is -2.35. The summed E-state index contributed by atoms with van der Waals surface area (Å²) in [5.41, 5.74) is 8.45. The summed E-state index contributed by atoms with van der Waals surface area (Å²) in [5, 5.41) is 9.11. The third kappa shape index (κ3) is 4.64. The monoisotopic (exact) mass is 681 g/mol. The zero-order valence-corrected chi connectivity index (χ0v) is 28.8. The van der Waals surface area contributed by atoms with Crippen molar-refractivity contribution in [3.63, 3.8) is 0 Å². The maximum Gasteiger partial charge on any atom is 0.159 e. The average Bonchev–Trinajstić information content (AvgIpc) is 3.79. The number of rotatable bonds is 4. The van der Waals surface area contributed by atoms with Crippen molar-refractivity contribution in [2.24, 2.45) is 9.98 Å². The number of hydrogen-bond donors (Lipinski definition) is 0. The molecule has 3 heterocycles. The Morgan fingerprint density at radius 2 is 1.13 bits per heavy atom. The molecule has 0 saturated carbocycles. The Morgan fingerprint density at radius 1 is 0.491 bits per heavy atom. The summed E-state index contributed by atoms with van der Waals surface area (Å²) in [6, 6.07) is 57.2. The minimum atomic E-state index is -0.283. The van der Waals surface area contributed by atoms with E-state index in [0.29, 0.717) is 5.84 Å². The quantitative estimate of drug-likeness (QED) is 0.174. The predicted molar refractivity (Wildman–Crippen MR) is 218 cm³/mol. The van der Waals surface area contributed by atoms with E-state index in [4.69, 9.17) is 18.8 Å². The van der Waals surface area contributed by atoms with E-state index < -0.39 is 0 Å². The third-order valence-electron chi connectivity index (χ3n) is 10.7. The van der Waals surface area contributed by atoms with Crippen LogP contribution in [0, 0.1) is 0 Å². The molecule has 10 aromatic rings. The number of benzene rings is 8. The molecule has 0 spiro atoms. The molecule has 8 aromatic carbocycles. The minimum absolute atomic E-state index is 0.283. The van der Waals surface area contributed by atoms with E-state index in [1.807, 2.05) is 36.4 Å². The molecular formula is C48H31N3O2. The molecule has 11 rings (SSSR count). The first kappa shape index (κ1) is 29.7. The van der Waals surface area contributed by atoms with Crippen LogP contribution < -0.4 is 0 Å². The molecule has 2 aromatic heterocycles. The highest BCUT2D eigenvalue weighted by Gasteiger charge is 2.29. The SMILES string of the molecule is CN1C(c2ccc(-c3ccc4c(c3)oc3ccccc34)c3oc4ccccc4c23)=NC(c2ccc3c(ccc4ccccc43)c2)=NC1c1ccccc1. The number of para-hydroxylation sites is 2. The van der Waals surface area contributed by atoms with Gasteiger partial charge in [-0.05, 0) is 75.1 Å². The van der Waals surface area contributed by atoms with Crippen LogP contribution in [-0.4, -0.2) is 23.6 Å². The van der Waals surface area contributed by atoms with E-state index in [1.165, 1.54) is 16.2 Å². The molecule has 1 aliphatic rings. The molecule has 53 heavy (non-hydrogen) atoms. The third-order valence-corrected chi connectivity index (χ3v) is 10.7. The molecular weight excluding hydrogens is 651 g/mol. The lowest BCUT2D eigenvalue weighted by Gasteiger charge is -2.32. The van der Waals surface area contributed by atoms with Gasteiger partial charge in [0.25, 0.3) is 0 Å². The van der Waals surface area contributed by atoms with E-state index in [0.717, 1.165) is 82.9 Å². The van der Waals surface area contributed by atoms with E-state index in [-0.39, 0.29) is 6.17 Å². The largest absolute Gasteiger partial charge is 0.456 e. The number of amidine groups is 2. The maximum atomic E-state index is 6.75. The van der Waals surface area contributed by atoms with Crippen molar-refractivity contribution in [3.8, 4) is 11.1 Å². The second kappa shape index (κ2) is 11.5. The maximum absolute atomic E-state index is 6.75. The lowest BCUT2D eigenvalue weighted by molar-refractivity contribution is 0.383. The van der Waals surface area contributed by atoms with Crippen molar-refractivity contribution < 1.29 is 8.83 Å². The fourth-order valence-electron chi connectivity index (χ4n) is 8.13. The van der Waals surface area contributed by atoms with Crippen molar-refractivity contribution in [2.45, 2.75) is 6.17 Å². The van der Waals surface area contributed by atoms with Gasteiger partial charge in [0.2, 0.25) is 0 Å². The van der Waals surface area contributed by atoms with E-state index in [2.05, 4.69) is 139 Å². The van der Waals surface area contributed by atoms with Crippen LogP contribution in [0.4, 0.5) is 0 Å². The fraction of sp³-hybridized carbons (Fsp3) is 0.0417. The van der Waals surface area contributed by atoms with Gasteiger partial charge in [0, 0.05) is 45.3 Å². The van der Waals surface area contributed by atoms with Crippen molar-refractivity contribution in [2.75, 3.05) is 7.05 Å². The smallest absolute Gasteiger partial charge is 0.159 e. The Balaban J connectivity index is 1.12. The number of nitrogens with zero attached hydrogens (tertiary/aromatic N) is 3. The van der Waals surface area contributed by atoms with Crippen LogP contribution in [-0.2, 0) is 0 Å². The summed E-state index contributed by atoms with van der Waals surface area (Å²) in [7, 11) is 2.08. The molecule has 1 atom stereocenters. The molecule has 5 heteroatoms. The summed E-state index contributed by atoms with van der Waals surface area (Å²) in [5.74, 6) is 1.53. The van der Waals surface area contributed by atoms with Gasteiger partial charge in [0.1, 0.15) is 34.3 Å². The Bertz CT molecular complexity index is 3150. The predicted octanol–water partition coefficient (Wildman–Crippen LogP) is 12.3. The van der Waals surface area contributed by atoms with Gasteiger partial charge >= 0.3 is 0 Å². The molecule has 5 nitrogen and oxygen atoms in total. The molecule has 0 aliphatic carbocycles. The molecule has 0 saturated heterocycles. The van der Waals surface area contributed by atoms with E-state index >= 15 is 0 Å². The average molecular weight is 682 g/mol. The van der Waals surface area contributed by atoms with Crippen molar-refractivity contribution >= 4 is 77.1 Å². The molecule has 0 bridgehead atoms. The van der Waals surface area contributed by atoms with Crippen LogP contribution >= 0.6 is 0 Å². The van der Waals surface area contributed by atoms with Gasteiger partial charge < -0.3 is 13.7 Å². The van der Waals surface area contributed by atoms with Gasteiger partial charge in [-0.15, -0.1) is 0 Å². The summed E-state index contributed by atoms with van der Waals surface area (Å²) >= 11 is 0. The Kier molecular flexibility index (Phi) is 6.46. The van der Waals surface area contributed by atoms with Crippen molar-refractivity contribution in [1.82, 2.24) is 4.90 Å². The number of fused-ring (bicyclic) bond motifs is 9. The fourth-order valence-corrected chi connectivity index (χ4v) is 8.13. The van der Waals surface area contributed by atoms with Gasteiger partial charge in [0.05, 0.1) is 0 Å². The number of aliphatic imine (C=N–C) groups is 2. The molecule has 1 aliphatic heterocycles. The Hall–Kier alpha value is -6.98. The first-order chi connectivity index (χ1) is 26.2. The van der Waals surface area contributed by atoms with Gasteiger partial charge in [-0.2, -0.15) is 0 Å². The van der Waals surface area contributed by atoms with E-state index in [1.54, 1.807) is 0 Å². The van der Waals surface area contributed by atoms with Crippen LogP contribution in [0.15, 0.2) is 183 Å². The van der Waals surface area contributed by atoms with Crippen LogP contribution in [0.25, 0.3) is 76.5 Å². The van der Waals surface area contributed by atoms with E-state index in [9.17, 15) is 0 Å². The standard InChI is InChI=1S/C48H31N3O2/c1-51-47(30-12-3-2-4-13-30)49-46(33-22-23-35-31(27-33)20-19-29-11-5-6-14-34(29)35)50-48(51)40-26-25-36(45-44(40)39-16-8-10-18-42(39)53-45)32-21-24-38-37-15-7-9-17-41(37)52-43(38)28-32/h2-28,47H,1H3. The number of hydrogen-bond acceptors (Lipinski definition) is 5. The Labute approximate surface area is 304 Å². The van der Waals surface area contributed by atoms with Crippen LogP contribution in [0.2, 0.25) is 0 Å². The molecule has 0 amide bonds. The highest BCUT2D eigenvalue weighted by atomic mass is 16.3. The van der Waals surface area contributed by atoms with Gasteiger partial charge in [-0.3, -0.25) is 0 Å². The first-order valence-electron chi connectivity index (χ1n) is 17.9. The van der Waals surface area contributed by atoms with Crippen molar-refractivity contribution in [3.05, 3.63) is 180 Å². The second-order valence-electron chi connectivity index (χ2n) is 13.8.